The lowest BCUT2D eigenvalue weighted by Gasteiger charge is -2.34. The second kappa shape index (κ2) is 9.24. The second-order valence-corrected chi connectivity index (χ2v) is 9.41. The number of carbonyl (C=O) groups is 2. The molecule has 1 saturated carbocycles. The summed E-state index contributed by atoms with van der Waals surface area (Å²) in [6.45, 7) is 8.10. The van der Waals surface area contributed by atoms with Crippen LogP contribution in [-0.2, 0) is 16.1 Å². The number of benzene rings is 1. The molecule has 3 unspecified atom stereocenters. The Morgan fingerprint density at radius 1 is 1.06 bits per heavy atom. The third-order valence-corrected chi connectivity index (χ3v) is 7.25. The Bertz CT molecular complexity index is 893. The van der Waals surface area contributed by atoms with E-state index in [2.05, 4.69) is 16.8 Å². The van der Waals surface area contributed by atoms with Crippen LogP contribution >= 0.6 is 0 Å². The number of nitrogens with zero attached hydrogens (tertiary/aromatic N) is 2. The summed E-state index contributed by atoms with van der Waals surface area (Å²) in [6.07, 6.45) is 7.06. The lowest BCUT2D eigenvalue weighted by Crippen LogP contribution is -2.49. The quantitative estimate of drug-likeness (QED) is 0.781. The molecule has 7 heteroatoms. The molecule has 1 N–H and O–H groups in total. The summed E-state index contributed by atoms with van der Waals surface area (Å²) >= 11 is 0. The molecule has 7 nitrogen and oxygen atoms in total. The van der Waals surface area contributed by atoms with Crippen molar-refractivity contribution in [2.45, 2.75) is 69.7 Å². The van der Waals surface area contributed by atoms with Gasteiger partial charge in [0.15, 0.2) is 0 Å². The van der Waals surface area contributed by atoms with Crippen LogP contribution in [0.3, 0.4) is 0 Å². The van der Waals surface area contributed by atoms with Crippen LogP contribution in [0.5, 0.6) is 5.75 Å². The minimum absolute atomic E-state index is 0.0687. The van der Waals surface area contributed by atoms with E-state index in [0.717, 1.165) is 62.6 Å². The number of allylic oxidation sites excluding steroid dienone is 1. The molecule has 4 aliphatic rings. The molecule has 3 heterocycles. The van der Waals surface area contributed by atoms with Gasteiger partial charge in [-0.15, -0.1) is 0 Å². The van der Waals surface area contributed by atoms with Crippen LogP contribution in [0.1, 0.15) is 60.9 Å². The standard InChI is InChI=1S/C25H33N3O4/c1-17-7-10-22(24(29)26-17)28-16-18-15-19(8-9-20(18)25(28)30)32-23-6-2-5-21(23)27-11-3-13-31-14-4-12-27/h8-9,15,21-23H,1-7,10-14,16H2,(H,26,29). The first-order chi connectivity index (χ1) is 15.6. The molecule has 0 bridgehead atoms. The average Bonchev–Trinajstić information content (AvgIpc) is 3.32. The SMILES string of the molecule is C=C1CCC(N2Cc3cc(OC4CCCC4N4CCCOCCC4)ccc3C2=O)C(=O)N1. The highest BCUT2D eigenvalue weighted by molar-refractivity contribution is 6.01. The Balaban J connectivity index is 1.27. The first-order valence-corrected chi connectivity index (χ1v) is 12.0. The first-order valence-electron chi connectivity index (χ1n) is 12.0. The Hall–Kier alpha value is -2.38. The van der Waals surface area contributed by atoms with Gasteiger partial charge in [0.05, 0.1) is 0 Å². The van der Waals surface area contributed by atoms with Gasteiger partial charge in [0.25, 0.3) is 5.91 Å². The number of carbonyl (C=O) groups excluding carboxylic acids is 2. The van der Waals surface area contributed by atoms with E-state index in [1.54, 1.807) is 4.90 Å². The van der Waals surface area contributed by atoms with Crippen molar-refractivity contribution in [3.05, 3.63) is 41.6 Å². The molecule has 1 aliphatic carbocycles. The summed E-state index contributed by atoms with van der Waals surface area (Å²) in [7, 11) is 0. The van der Waals surface area contributed by atoms with Gasteiger partial charge >= 0.3 is 0 Å². The molecule has 5 rings (SSSR count). The second-order valence-electron chi connectivity index (χ2n) is 9.41. The third kappa shape index (κ3) is 4.28. The highest BCUT2D eigenvalue weighted by Gasteiger charge is 2.39. The van der Waals surface area contributed by atoms with Crippen molar-refractivity contribution in [1.29, 1.82) is 0 Å². The molecule has 2 amide bonds. The van der Waals surface area contributed by atoms with Crippen molar-refractivity contribution in [3.63, 3.8) is 0 Å². The zero-order valence-electron chi connectivity index (χ0n) is 18.7. The molecule has 0 radical (unpaired) electrons. The van der Waals surface area contributed by atoms with Crippen molar-refractivity contribution < 1.29 is 19.1 Å². The number of fused-ring (bicyclic) bond motifs is 1. The number of piperidine rings is 1. The number of hydrogen-bond acceptors (Lipinski definition) is 5. The van der Waals surface area contributed by atoms with E-state index in [4.69, 9.17) is 9.47 Å². The summed E-state index contributed by atoms with van der Waals surface area (Å²) in [5.74, 6) is 0.624. The summed E-state index contributed by atoms with van der Waals surface area (Å²) in [5, 5.41) is 2.79. The third-order valence-electron chi connectivity index (χ3n) is 7.25. The van der Waals surface area contributed by atoms with Crippen molar-refractivity contribution in [2.24, 2.45) is 0 Å². The molecule has 3 atom stereocenters. The van der Waals surface area contributed by atoms with Gasteiger partial charge in [0.1, 0.15) is 17.9 Å². The van der Waals surface area contributed by atoms with E-state index in [1.165, 1.54) is 12.8 Å². The Morgan fingerprint density at radius 2 is 1.88 bits per heavy atom. The van der Waals surface area contributed by atoms with E-state index in [1.807, 2.05) is 18.2 Å². The van der Waals surface area contributed by atoms with Crippen molar-refractivity contribution in [1.82, 2.24) is 15.1 Å². The van der Waals surface area contributed by atoms with Gasteiger partial charge in [-0.2, -0.15) is 0 Å². The van der Waals surface area contributed by atoms with Crippen LogP contribution in [0.25, 0.3) is 0 Å². The van der Waals surface area contributed by atoms with Crippen molar-refractivity contribution in [3.8, 4) is 5.75 Å². The van der Waals surface area contributed by atoms with E-state index >= 15 is 0 Å². The Labute approximate surface area is 189 Å². The fourth-order valence-electron chi connectivity index (χ4n) is 5.63. The molecule has 172 valence electrons. The van der Waals surface area contributed by atoms with E-state index in [9.17, 15) is 9.59 Å². The fraction of sp³-hybridized carbons (Fsp3) is 0.600. The number of rotatable bonds is 4. The van der Waals surface area contributed by atoms with Crippen LogP contribution in [0, 0.1) is 0 Å². The molecule has 0 spiro atoms. The molecule has 2 saturated heterocycles. The average molecular weight is 440 g/mol. The van der Waals surface area contributed by atoms with E-state index < -0.39 is 6.04 Å². The number of amides is 2. The van der Waals surface area contributed by atoms with Crippen LogP contribution in [-0.4, -0.2) is 66.1 Å². The topological polar surface area (TPSA) is 71.1 Å². The molecule has 32 heavy (non-hydrogen) atoms. The van der Waals surface area contributed by atoms with Gasteiger partial charge in [-0.1, -0.05) is 6.58 Å². The molecule has 3 fully saturated rings. The van der Waals surface area contributed by atoms with Gasteiger partial charge in [-0.25, -0.2) is 0 Å². The molecule has 0 aromatic heterocycles. The zero-order valence-corrected chi connectivity index (χ0v) is 18.7. The minimum atomic E-state index is -0.430. The van der Waals surface area contributed by atoms with Crippen LogP contribution in [0.2, 0.25) is 0 Å². The van der Waals surface area contributed by atoms with Gasteiger partial charge in [-0.3, -0.25) is 14.5 Å². The maximum absolute atomic E-state index is 13.0. The highest BCUT2D eigenvalue weighted by Crippen LogP contribution is 2.33. The van der Waals surface area contributed by atoms with Crippen LogP contribution in [0.4, 0.5) is 0 Å². The first kappa shape index (κ1) is 21.5. The number of hydrogen-bond donors (Lipinski definition) is 1. The van der Waals surface area contributed by atoms with Gasteiger partial charge in [-0.05, 0) is 68.7 Å². The molecular formula is C25H33N3O4. The Kier molecular flexibility index (Phi) is 6.20. The predicted molar refractivity (Wildman–Crippen MR) is 120 cm³/mol. The number of nitrogens with one attached hydrogen (secondary N) is 1. The van der Waals surface area contributed by atoms with Gasteiger partial charge in [0, 0.05) is 50.2 Å². The normalized spacial score (nSPS) is 29.4. The van der Waals surface area contributed by atoms with E-state index in [0.29, 0.717) is 31.0 Å². The monoisotopic (exact) mass is 439 g/mol. The van der Waals surface area contributed by atoms with Crippen LogP contribution < -0.4 is 10.1 Å². The molecule has 1 aromatic carbocycles. The largest absolute Gasteiger partial charge is 0.489 e. The molecule has 3 aliphatic heterocycles. The van der Waals surface area contributed by atoms with E-state index in [-0.39, 0.29) is 17.9 Å². The number of ether oxygens (including phenoxy) is 2. The smallest absolute Gasteiger partial charge is 0.255 e. The summed E-state index contributed by atoms with van der Waals surface area (Å²) < 4.78 is 12.1. The Morgan fingerprint density at radius 3 is 2.66 bits per heavy atom. The van der Waals surface area contributed by atoms with Gasteiger partial charge in [0.2, 0.25) is 5.91 Å². The maximum atomic E-state index is 13.0. The lowest BCUT2D eigenvalue weighted by molar-refractivity contribution is -0.126. The summed E-state index contributed by atoms with van der Waals surface area (Å²) in [5.41, 5.74) is 2.36. The summed E-state index contributed by atoms with van der Waals surface area (Å²) in [6, 6.07) is 5.80. The minimum Gasteiger partial charge on any atom is -0.489 e. The maximum Gasteiger partial charge on any atom is 0.255 e. The van der Waals surface area contributed by atoms with Crippen LogP contribution in [0.15, 0.2) is 30.5 Å². The fourth-order valence-corrected chi connectivity index (χ4v) is 5.63. The highest BCUT2D eigenvalue weighted by atomic mass is 16.5. The predicted octanol–water partition coefficient (Wildman–Crippen LogP) is 2.85. The summed E-state index contributed by atoms with van der Waals surface area (Å²) in [4.78, 5) is 29.7. The van der Waals surface area contributed by atoms with Crippen molar-refractivity contribution in [2.75, 3.05) is 26.3 Å². The van der Waals surface area contributed by atoms with Crippen molar-refractivity contribution >= 4 is 11.8 Å². The molecular weight excluding hydrogens is 406 g/mol. The lowest BCUT2D eigenvalue weighted by atomic mass is 10.0. The molecule has 1 aromatic rings. The van der Waals surface area contributed by atoms with Gasteiger partial charge < -0.3 is 19.7 Å². The zero-order chi connectivity index (χ0) is 22.1.